The molecule has 0 bridgehead atoms. The van der Waals surface area contributed by atoms with Gasteiger partial charge in [-0.1, -0.05) is 126 Å². The van der Waals surface area contributed by atoms with E-state index in [0.717, 1.165) is 80.5 Å². The molecule has 0 aromatic carbocycles. The minimum absolute atomic E-state index is 0.0122. The maximum atomic E-state index is 12.8. The third-order valence-corrected chi connectivity index (χ3v) is 16.2. The largest absolute Gasteiger partial charge is 0.461 e. The molecule has 1 unspecified atom stereocenters. The second kappa shape index (κ2) is 22.1. The molecular formula is C46H80N2O5S2. The number of amides is 2. The summed E-state index contributed by atoms with van der Waals surface area (Å²) in [6.07, 6.45) is 25.2. The predicted octanol–water partition coefficient (Wildman–Crippen LogP) is 12.1. The van der Waals surface area contributed by atoms with Gasteiger partial charge in [0, 0.05) is 19.5 Å². The van der Waals surface area contributed by atoms with E-state index in [4.69, 9.17) is 9.47 Å². The predicted molar refractivity (Wildman–Crippen MR) is 232 cm³/mol. The van der Waals surface area contributed by atoms with Crippen molar-refractivity contribution in [2.24, 2.45) is 46.3 Å². The summed E-state index contributed by atoms with van der Waals surface area (Å²) in [4.78, 5) is 36.8. The van der Waals surface area contributed by atoms with Gasteiger partial charge in [-0.2, -0.15) is 0 Å². The smallest absolute Gasteiger partial charge is 0.407 e. The monoisotopic (exact) mass is 805 g/mol. The Morgan fingerprint density at radius 2 is 1.45 bits per heavy atom. The van der Waals surface area contributed by atoms with E-state index in [0.29, 0.717) is 24.3 Å². The lowest BCUT2D eigenvalue weighted by Gasteiger charge is -2.58. The molecule has 9 heteroatoms. The van der Waals surface area contributed by atoms with Crippen molar-refractivity contribution in [3.05, 3.63) is 11.6 Å². The number of nitrogens with one attached hydrogen (secondary N) is 2. The van der Waals surface area contributed by atoms with Crippen LogP contribution in [-0.4, -0.2) is 54.3 Å². The van der Waals surface area contributed by atoms with Gasteiger partial charge in [0.2, 0.25) is 5.91 Å². The van der Waals surface area contributed by atoms with Crippen LogP contribution in [0.1, 0.15) is 177 Å². The van der Waals surface area contributed by atoms with Crippen LogP contribution in [0.4, 0.5) is 4.79 Å². The lowest BCUT2D eigenvalue weighted by atomic mass is 9.47. The van der Waals surface area contributed by atoms with E-state index < -0.39 is 5.60 Å². The third-order valence-electron chi connectivity index (χ3n) is 14.1. The number of rotatable bonds is 22. The normalized spacial score (nSPS) is 29.4. The first-order valence-electron chi connectivity index (χ1n) is 22.5. The number of hydrogen-bond donors (Lipinski definition) is 2. The molecule has 2 amide bonds. The highest BCUT2D eigenvalue weighted by atomic mass is 33.1. The second-order valence-electron chi connectivity index (χ2n) is 19.8. The van der Waals surface area contributed by atoms with Gasteiger partial charge in [0.15, 0.2) is 0 Å². The molecule has 4 rings (SSSR count). The van der Waals surface area contributed by atoms with Crippen LogP contribution in [0, 0.1) is 46.3 Å². The van der Waals surface area contributed by atoms with Crippen molar-refractivity contribution in [2.75, 3.05) is 24.6 Å². The number of alkyl carbamates (subject to hydrolysis) is 1. The van der Waals surface area contributed by atoms with E-state index in [9.17, 15) is 14.4 Å². The van der Waals surface area contributed by atoms with Gasteiger partial charge in [0.25, 0.3) is 0 Å². The first-order valence-corrected chi connectivity index (χ1v) is 25.0. The standard InChI is InChI=1S/C46H80N2O5S2/c1-33(2)18-17-19-34(3)38-22-23-39-37-21-20-35-30-36(24-26-45(35,7)40(37)25-27-46(38,39)8)52-42(50)32-55-54-31-41(49)47-28-15-13-11-9-10-12-14-16-29-48-43(51)53-44(4,5)6/h20,33-34,36-40H,9-19,21-32H2,1-8H3,(H,47,49)(H,48,51)/t34?,36-,37-,38+,39-,40-,45-,46+/m0/s1. The van der Waals surface area contributed by atoms with Gasteiger partial charge in [-0.3, -0.25) is 9.59 Å². The minimum Gasteiger partial charge on any atom is -0.461 e. The molecule has 4 aliphatic carbocycles. The highest BCUT2D eigenvalue weighted by Gasteiger charge is 2.59. The lowest BCUT2D eigenvalue weighted by molar-refractivity contribution is -0.148. The molecule has 0 spiro atoms. The van der Waals surface area contributed by atoms with E-state index >= 15 is 0 Å². The van der Waals surface area contributed by atoms with Crippen LogP contribution in [-0.2, 0) is 19.1 Å². The molecule has 0 aliphatic heterocycles. The molecule has 3 saturated carbocycles. The Balaban J connectivity index is 1.03. The van der Waals surface area contributed by atoms with Gasteiger partial charge < -0.3 is 20.1 Å². The summed E-state index contributed by atoms with van der Waals surface area (Å²) < 4.78 is 11.3. The average molecular weight is 805 g/mol. The maximum Gasteiger partial charge on any atom is 0.407 e. The van der Waals surface area contributed by atoms with Crippen molar-refractivity contribution >= 4 is 39.6 Å². The first-order chi connectivity index (χ1) is 26.1. The molecule has 4 aliphatic rings. The summed E-state index contributed by atoms with van der Waals surface area (Å²) >= 11 is 0. The molecular weight excluding hydrogens is 725 g/mol. The number of esters is 1. The van der Waals surface area contributed by atoms with Crippen molar-refractivity contribution in [3.8, 4) is 0 Å². The Kier molecular flexibility index (Phi) is 18.7. The Hall–Kier alpha value is -1.35. The van der Waals surface area contributed by atoms with Crippen LogP contribution in [0.3, 0.4) is 0 Å². The molecule has 0 radical (unpaired) electrons. The molecule has 8 atom stereocenters. The highest BCUT2D eigenvalue weighted by molar-refractivity contribution is 8.77. The molecule has 7 nitrogen and oxygen atoms in total. The van der Waals surface area contributed by atoms with Crippen LogP contribution in [0.5, 0.6) is 0 Å². The number of allylic oxidation sites excluding steroid dienone is 1. The van der Waals surface area contributed by atoms with Gasteiger partial charge >= 0.3 is 12.1 Å². The topological polar surface area (TPSA) is 93.7 Å². The Morgan fingerprint density at radius 3 is 2.13 bits per heavy atom. The molecule has 0 aromatic rings. The molecule has 0 saturated heterocycles. The number of hydrogen-bond acceptors (Lipinski definition) is 7. The van der Waals surface area contributed by atoms with Crippen molar-refractivity contribution in [1.82, 2.24) is 10.6 Å². The fourth-order valence-electron chi connectivity index (χ4n) is 11.3. The lowest BCUT2D eigenvalue weighted by Crippen LogP contribution is -2.51. The maximum absolute atomic E-state index is 12.8. The van der Waals surface area contributed by atoms with Gasteiger partial charge in [-0.25, -0.2) is 4.79 Å². The number of unbranched alkanes of at least 4 members (excludes halogenated alkanes) is 7. The van der Waals surface area contributed by atoms with Crippen molar-refractivity contribution < 1.29 is 23.9 Å². The van der Waals surface area contributed by atoms with Crippen LogP contribution in [0.15, 0.2) is 11.6 Å². The Morgan fingerprint density at radius 1 is 0.800 bits per heavy atom. The molecule has 0 aromatic heterocycles. The van der Waals surface area contributed by atoms with Crippen molar-refractivity contribution in [3.63, 3.8) is 0 Å². The fourth-order valence-corrected chi connectivity index (χ4v) is 12.9. The zero-order valence-corrected chi connectivity index (χ0v) is 37.9. The van der Waals surface area contributed by atoms with Gasteiger partial charge in [-0.05, 0) is 125 Å². The molecule has 2 N–H and O–H groups in total. The SMILES string of the molecule is CC(C)CCCC(C)[C@H]1CC[C@H]2[C@@H]3CC=C4C[C@@H](OC(=O)CSSCC(=O)NCCCCCCCCCCNC(=O)OC(C)(C)C)CC[C@]4(C)[C@H]3CC[C@]12C. The summed E-state index contributed by atoms with van der Waals surface area (Å²) in [5.74, 6) is 5.54. The third kappa shape index (κ3) is 14.2. The highest BCUT2D eigenvalue weighted by Crippen LogP contribution is 2.67. The van der Waals surface area contributed by atoms with Crippen LogP contribution >= 0.6 is 21.6 Å². The number of fused-ring (bicyclic) bond motifs is 5. The average Bonchev–Trinajstić information content (AvgIpc) is 3.47. The minimum atomic E-state index is -0.456. The summed E-state index contributed by atoms with van der Waals surface area (Å²) in [7, 11) is 2.88. The van der Waals surface area contributed by atoms with Crippen LogP contribution < -0.4 is 10.6 Å². The van der Waals surface area contributed by atoms with Gasteiger partial charge in [-0.15, -0.1) is 0 Å². The van der Waals surface area contributed by atoms with Gasteiger partial charge in [0.1, 0.15) is 17.5 Å². The molecule has 0 heterocycles. The molecule has 3 fully saturated rings. The zero-order chi connectivity index (χ0) is 40.1. The van der Waals surface area contributed by atoms with Crippen LogP contribution in [0.25, 0.3) is 0 Å². The van der Waals surface area contributed by atoms with Crippen LogP contribution in [0.2, 0.25) is 0 Å². The first kappa shape index (κ1) is 46.3. The Bertz CT molecular complexity index is 1250. The van der Waals surface area contributed by atoms with E-state index in [-0.39, 0.29) is 35.2 Å². The summed E-state index contributed by atoms with van der Waals surface area (Å²) in [5, 5.41) is 5.84. The van der Waals surface area contributed by atoms with E-state index in [1.54, 1.807) is 5.57 Å². The van der Waals surface area contributed by atoms with E-state index in [2.05, 4.69) is 51.3 Å². The number of ether oxygens (including phenoxy) is 2. The van der Waals surface area contributed by atoms with Crippen molar-refractivity contribution in [1.29, 1.82) is 0 Å². The fraction of sp³-hybridized carbons (Fsp3) is 0.891. The molecule has 55 heavy (non-hydrogen) atoms. The van der Waals surface area contributed by atoms with Crippen molar-refractivity contribution in [2.45, 2.75) is 189 Å². The van der Waals surface area contributed by atoms with Gasteiger partial charge in [0.05, 0.1) is 5.75 Å². The van der Waals surface area contributed by atoms with E-state index in [1.807, 2.05) is 20.8 Å². The Labute approximate surface area is 344 Å². The quantitative estimate of drug-likeness (QED) is 0.0487. The second-order valence-corrected chi connectivity index (χ2v) is 22.2. The zero-order valence-electron chi connectivity index (χ0n) is 36.2. The summed E-state index contributed by atoms with van der Waals surface area (Å²) in [6, 6.07) is 0. The summed E-state index contributed by atoms with van der Waals surface area (Å²) in [5.41, 5.74) is 1.88. The van der Waals surface area contributed by atoms with E-state index in [1.165, 1.54) is 98.6 Å². The summed E-state index contributed by atoms with van der Waals surface area (Å²) in [6.45, 7) is 19.5. The molecule has 316 valence electrons. The number of carbonyl (C=O) groups excluding carboxylic acids is 3. The number of carbonyl (C=O) groups is 3.